The van der Waals surface area contributed by atoms with Gasteiger partial charge in [0.15, 0.2) is 4.96 Å². The maximum Gasteiger partial charge on any atom is 0.274 e. The highest BCUT2D eigenvalue weighted by atomic mass is 32.1. The van der Waals surface area contributed by atoms with Crippen LogP contribution in [0.5, 0.6) is 0 Å². The van der Waals surface area contributed by atoms with Crippen LogP contribution >= 0.6 is 22.7 Å². The minimum atomic E-state index is 0.0158. The number of hydrogen-bond donors (Lipinski definition) is 0. The van der Waals surface area contributed by atoms with Crippen molar-refractivity contribution in [2.75, 3.05) is 0 Å². The van der Waals surface area contributed by atoms with Crippen molar-refractivity contribution in [3.63, 3.8) is 0 Å². The van der Waals surface area contributed by atoms with Gasteiger partial charge in [-0.1, -0.05) is 29.5 Å². The third kappa shape index (κ3) is 1.63. The molecule has 4 rings (SSSR count). The van der Waals surface area contributed by atoms with Gasteiger partial charge in [-0.3, -0.25) is 4.79 Å². The second kappa shape index (κ2) is 4.01. The van der Waals surface area contributed by atoms with E-state index in [9.17, 15) is 4.79 Å². The molecule has 1 aromatic carbocycles. The molecule has 0 radical (unpaired) electrons. The quantitative estimate of drug-likeness (QED) is 0.538. The Labute approximate surface area is 116 Å². The maximum absolute atomic E-state index is 12.4. The number of aromatic nitrogens is 2. The third-order valence-corrected chi connectivity index (χ3v) is 4.75. The molecule has 92 valence electrons. The number of fused-ring (bicyclic) bond motifs is 3. The average Bonchev–Trinajstić information content (AvgIpc) is 3.09. The first kappa shape index (κ1) is 10.9. The predicted molar refractivity (Wildman–Crippen MR) is 79.9 cm³/mol. The summed E-state index contributed by atoms with van der Waals surface area (Å²) in [4.78, 5) is 18.8. The normalized spacial score (nSPS) is 12.7. The van der Waals surface area contributed by atoms with E-state index in [0.29, 0.717) is 0 Å². The molecule has 0 saturated carbocycles. The molecule has 0 amide bonds. The van der Waals surface area contributed by atoms with Crippen molar-refractivity contribution >= 4 is 44.7 Å². The zero-order chi connectivity index (χ0) is 12.8. The van der Waals surface area contributed by atoms with E-state index < -0.39 is 0 Å². The van der Waals surface area contributed by atoms with Gasteiger partial charge < -0.3 is 0 Å². The van der Waals surface area contributed by atoms with Gasteiger partial charge in [0.05, 0.1) is 15.6 Å². The van der Waals surface area contributed by atoms with E-state index in [4.69, 9.17) is 0 Å². The SMILES string of the molecule is O=c1/c(=C\c2cccs2)sc2nc3ccccc3n12. The number of hydrogen-bond acceptors (Lipinski definition) is 4. The van der Waals surface area contributed by atoms with Gasteiger partial charge >= 0.3 is 0 Å². The summed E-state index contributed by atoms with van der Waals surface area (Å²) in [7, 11) is 0. The fraction of sp³-hybridized carbons (Fsp3) is 0. The summed E-state index contributed by atoms with van der Waals surface area (Å²) in [5.74, 6) is 0. The molecule has 19 heavy (non-hydrogen) atoms. The van der Waals surface area contributed by atoms with Crippen LogP contribution in [0.2, 0.25) is 0 Å². The van der Waals surface area contributed by atoms with E-state index >= 15 is 0 Å². The topological polar surface area (TPSA) is 34.4 Å². The van der Waals surface area contributed by atoms with Gasteiger partial charge in [0.1, 0.15) is 0 Å². The molecule has 0 spiro atoms. The first-order valence-corrected chi connectivity index (χ1v) is 7.48. The van der Waals surface area contributed by atoms with Crippen molar-refractivity contribution in [3.05, 3.63) is 61.5 Å². The Bertz CT molecular complexity index is 980. The van der Waals surface area contributed by atoms with E-state index in [1.807, 2.05) is 47.9 Å². The van der Waals surface area contributed by atoms with Crippen molar-refractivity contribution in [2.45, 2.75) is 0 Å². The smallest absolute Gasteiger partial charge is 0.267 e. The first-order chi connectivity index (χ1) is 9.33. The standard InChI is InChI=1S/C14H8N2OS2/c17-13-12(8-9-4-3-7-18-9)19-14-15-10-5-1-2-6-11(10)16(13)14/h1-8H/b12-8+. The number of thiophene rings is 1. The van der Waals surface area contributed by atoms with Gasteiger partial charge in [-0.15, -0.1) is 11.3 Å². The van der Waals surface area contributed by atoms with Crippen LogP contribution in [0, 0.1) is 0 Å². The van der Waals surface area contributed by atoms with Gasteiger partial charge in [-0.25, -0.2) is 9.38 Å². The Hall–Kier alpha value is -1.98. The van der Waals surface area contributed by atoms with Crippen LogP contribution in [-0.2, 0) is 0 Å². The fourth-order valence-electron chi connectivity index (χ4n) is 2.11. The molecule has 3 nitrogen and oxygen atoms in total. The van der Waals surface area contributed by atoms with Crippen LogP contribution in [0.4, 0.5) is 0 Å². The van der Waals surface area contributed by atoms with Crippen LogP contribution in [-0.4, -0.2) is 9.38 Å². The highest BCUT2D eigenvalue weighted by Crippen LogP contribution is 2.16. The number of benzene rings is 1. The Morgan fingerprint density at radius 2 is 2.05 bits per heavy atom. The van der Waals surface area contributed by atoms with E-state index in [2.05, 4.69) is 4.98 Å². The summed E-state index contributed by atoms with van der Waals surface area (Å²) < 4.78 is 2.43. The second-order valence-corrected chi connectivity index (χ2v) is 6.14. The first-order valence-electron chi connectivity index (χ1n) is 5.78. The summed E-state index contributed by atoms with van der Waals surface area (Å²) >= 11 is 3.06. The lowest BCUT2D eigenvalue weighted by Gasteiger charge is -1.86. The molecule has 5 heteroatoms. The number of rotatable bonds is 1. The van der Waals surface area contributed by atoms with Crippen molar-refractivity contribution in [1.29, 1.82) is 0 Å². The summed E-state index contributed by atoms with van der Waals surface area (Å²) in [5, 5.41) is 2.00. The molecule has 0 N–H and O–H groups in total. The van der Waals surface area contributed by atoms with Crippen LogP contribution in [0.15, 0.2) is 46.6 Å². The van der Waals surface area contributed by atoms with E-state index in [1.165, 1.54) is 11.3 Å². The van der Waals surface area contributed by atoms with Crippen LogP contribution in [0.3, 0.4) is 0 Å². The van der Waals surface area contributed by atoms with Crippen LogP contribution in [0.1, 0.15) is 4.88 Å². The lowest BCUT2D eigenvalue weighted by atomic mass is 10.3. The lowest BCUT2D eigenvalue weighted by Crippen LogP contribution is -2.22. The molecule has 4 aromatic rings. The number of imidazole rings is 1. The molecule has 0 saturated heterocycles. The lowest BCUT2D eigenvalue weighted by molar-refractivity contribution is 1.19. The Kier molecular flexibility index (Phi) is 2.30. The molecule has 0 fully saturated rings. The molecule has 0 atom stereocenters. The third-order valence-electron chi connectivity index (χ3n) is 2.96. The zero-order valence-electron chi connectivity index (χ0n) is 9.74. The molecule has 0 aliphatic rings. The molecule has 3 heterocycles. The highest BCUT2D eigenvalue weighted by molar-refractivity contribution is 7.15. The van der Waals surface area contributed by atoms with E-state index in [0.717, 1.165) is 25.4 Å². The minimum Gasteiger partial charge on any atom is -0.267 e. The van der Waals surface area contributed by atoms with Gasteiger partial charge in [-0.2, -0.15) is 0 Å². The minimum absolute atomic E-state index is 0.0158. The van der Waals surface area contributed by atoms with E-state index in [-0.39, 0.29) is 5.56 Å². The van der Waals surface area contributed by atoms with Crippen molar-refractivity contribution < 1.29 is 0 Å². The summed E-state index contributed by atoms with van der Waals surface area (Å²) in [6.07, 6.45) is 1.93. The summed E-state index contributed by atoms with van der Waals surface area (Å²) in [5.41, 5.74) is 1.76. The fourth-order valence-corrected chi connectivity index (χ4v) is 3.82. The highest BCUT2D eigenvalue weighted by Gasteiger charge is 2.10. The summed E-state index contributed by atoms with van der Waals surface area (Å²) in [6.45, 7) is 0. The molecule has 0 unspecified atom stereocenters. The molecular formula is C14H8N2OS2. The van der Waals surface area contributed by atoms with Crippen molar-refractivity contribution in [2.24, 2.45) is 0 Å². The molecular weight excluding hydrogens is 276 g/mol. The molecule has 0 bridgehead atoms. The Morgan fingerprint density at radius 3 is 2.89 bits per heavy atom. The number of thiazole rings is 1. The number of nitrogens with zero attached hydrogens (tertiary/aromatic N) is 2. The largest absolute Gasteiger partial charge is 0.274 e. The van der Waals surface area contributed by atoms with Crippen LogP contribution < -0.4 is 10.1 Å². The van der Waals surface area contributed by atoms with Gasteiger partial charge in [-0.05, 0) is 29.7 Å². The monoisotopic (exact) mass is 284 g/mol. The van der Waals surface area contributed by atoms with Gasteiger partial charge in [0.2, 0.25) is 0 Å². The second-order valence-electron chi connectivity index (χ2n) is 4.15. The van der Waals surface area contributed by atoms with E-state index in [1.54, 1.807) is 15.7 Å². The summed E-state index contributed by atoms with van der Waals surface area (Å²) in [6, 6.07) is 11.7. The Balaban J connectivity index is 2.11. The molecule has 0 aliphatic carbocycles. The number of para-hydroxylation sites is 2. The van der Waals surface area contributed by atoms with Crippen molar-refractivity contribution in [1.82, 2.24) is 9.38 Å². The van der Waals surface area contributed by atoms with Crippen LogP contribution in [0.25, 0.3) is 22.1 Å². The van der Waals surface area contributed by atoms with Gasteiger partial charge in [0, 0.05) is 4.88 Å². The predicted octanol–water partition coefficient (Wildman–Crippen LogP) is 2.52. The zero-order valence-corrected chi connectivity index (χ0v) is 11.4. The average molecular weight is 284 g/mol. The molecule has 0 aliphatic heterocycles. The molecule has 3 aromatic heterocycles. The Morgan fingerprint density at radius 1 is 1.16 bits per heavy atom. The van der Waals surface area contributed by atoms with Crippen molar-refractivity contribution in [3.8, 4) is 0 Å². The maximum atomic E-state index is 12.4. The van der Waals surface area contributed by atoms with Gasteiger partial charge in [0.25, 0.3) is 5.56 Å².